The van der Waals surface area contributed by atoms with Gasteiger partial charge < -0.3 is 9.47 Å². The van der Waals surface area contributed by atoms with E-state index in [-0.39, 0.29) is 12.2 Å². The van der Waals surface area contributed by atoms with Crippen LogP contribution < -0.4 is 4.90 Å². The van der Waals surface area contributed by atoms with Crippen molar-refractivity contribution < 1.29 is 23.9 Å². The molecular formula is C14H13NO5. The highest BCUT2D eigenvalue weighted by Gasteiger charge is 2.37. The van der Waals surface area contributed by atoms with Crippen LogP contribution in [-0.2, 0) is 19.1 Å². The number of amides is 2. The topological polar surface area (TPSA) is 72.9 Å². The maximum atomic E-state index is 12.3. The lowest BCUT2D eigenvalue weighted by Gasteiger charge is -2.12. The average molecular weight is 275 g/mol. The van der Waals surface area contributed by atoms with Crippen LogP contribution in [0.1, 0.15) is 12.5 Å². The molecule has 2 amide bonds. The molecule has 1 heterocycles. The van der Waals surface area contributed by atoms with E-state index in [4.69, 9.17) is 4.74 Å². The molecule has 0 radical (unpaired) electrons. The van der Waals surface area contributed by atoms with E-state index in [0.29, 0.717) is 11.3 Å². The fourth-order valence-electron chi connectivity index (χ4n) is 1.96. The molecular weight excluding hydrogens is 262 g/mol. The number of para-hydroxylation sites is 1. The first-order chi connectivity index (χ1) is 9.60. The standard InChI is InChI=1S/C14H13NO5/c1-3-20-12(16)8-10-9-6-4-5-7-11(9)15(13(10)17)14(18)19-2/h4-8H,3H2,1-2H3/b10-8+. The minimum absolute atomic E-state index is 0.115. The third-order valence-electron chi connectivity index (χ3n) is 2.77. The third kappa shape index (κ3) is 2.27. The summed E-state index contributed by atoms with van der Waals surface area (Å²) in [6, 6.07) is 6.67. The lowest BCUT2D eigenvalue weighted by atomic mass is 10.1. The molecule has 104 valence electrons. The Morgan fingerprint density at radius 2 is 2.00 bits per heavy atom. The van der Waals surface area contributed by atoms with Gasteiger partial charge in [-0.2, -0.15) is 0 Å². The molecule has 1 aliphatic heterocycles. The quantitative estimate of drug-likeness (QED) is 0.607. The Kier molecular flexibility index (Phi) is 3.84. The number of esters is 1. The molecule has 0 bridgehead atoms. The SMILES string of the molecule is CCOC(=O)/C=C1/C(=O)N(C(=O)OC)c2ccccc21. The van der Waals surface area contributed by atoms with Crippen molar-refractivity contribution in [1.29, 1.82) is 0 Å². The number of carbonyl (C=O) groups excluding carboxylic acids is 3. The molecule has 0 atom stereocenters. The van der Waals surface area contributed by atoms with Gasteiger partial charge in [0.25, 0.3) is 5.91 Å². The zero-order valence-corrected chi connectivity index (χ0v) is 11.1. The number of rotatable bonds is 2. The van der Waals surface area contributed by atoms with E-state index in [2.05, 4.69) is 4.74 Å². The smallest absolute Gasteiger partial charge is 0.421 e. The van der Waals surface area contributed by atoms with Gasteiger partial charge in [0.2, 0.25) is 0 Å². The second-order valence-electron chi connectivity index (χ2n) is 3.94. The molecule has 1 aromatic rings. The van der Waals surface area contributed by atoms with Crippen LogP contribution in [0.5, 0.6) is 0 Å². The molecule has 0 N–H and O–H groups in total. The minimum Gasteiger partial charge on any atom is -0.463 e. The summed E-state index contributed by atoms with van der Waals surface area (Å²) in [7, 11) is 1.19. The van der Waals surface area contributed by atoms with Gasteiger partial charge in [-0.05, 0) is 13.0 Å². The number of nitrogens with zero attached hydrogens (tertiary/aromatic N) is 1. The van der Waals surface area contributed by atoms with Crippen molar-refractivity contribution in [1.82, 2.24) is 0 Å². The maximum Gasteiger partial charge on any atom is 0.421 e. The largest absolute Gasteiger partial charge is 0.463 e. The van der Waals surface area contributed by atoms with Gasteiger partial charge in [0.05, 0.1) is 25.0 Å². The second-order valence-corrected chi connectivity index (χ2v) is 3.94. The first-order valence-electron chi connectivity index (χ1n) is 6.00. The monoisotopic (exact) mass is 275 g/mol. The molecule has 6 nitrogen and oxygen atoms in total. The molecule has 0 fully saturated rings. The van der Waals surface area contributed by atoms with Crippen LogP contribution in [0.2, 0.25) is 0 Å². The van der Waals surface area contributed by atoms with Crippen LogP contribution >= 0.6 is 0 Å². The summed E-state index contributed by atoms with van der Waals surface area (Å²) in [5.41, 5.74) is 1.00. The summed E-state index contributed by atoms with van der Waals surface area (Å²) in [6.45, 7) is 1.88. The number of hydrogen-bond acceptors (Lipinski definition) is 5. The third-order valence-corrected chi connectivity index (χ3v) is 2.77. The van der Waals surface area contributed by atoms with Gasteiger partial charge in [0.1, 0.15) is 0 Å². The van der Waals surface area contributed by atoms with Crippen LogP contribution in [0.25, 0.3) is 5.57 Å². The molecule has 0 spiro atoms. The Balaban J connectivity index is 2.49. The zero-order chi connectivity index (χ0) is 14.7. The van der Waals surface area contributed by atoms with Gasteiger partial charge in [-0.15, -0.1) is 0 Å². The highest BCUT2D eigenvalue weighted by Crippen LogP contribution is 2.36. The molecule has 2 rings (SSSR count). The van der Waals surface area contributed by atoms with E-state index in [1.807, 2.05) is 0 Å². The van der Waals surface area contributed by atoms with Gasteiger partial charge in [-0.25, -0.2) is 14.5 Å². The summed E-state index contributed by atoms with van der Waals surface area (Å²) in [5, 5.41) is 0. The highest BCUT2D eigenvalue weighted by molar-refractivity contribution is 6.40. The van der Waals surface area contributed by atoms with Crippen LogP contribution in [0.3, 0.4) is 0 Å². The highest BCUT2D eigenvalue weighted by atomic mass is 16.5. The second kappa shape index (κ2) is 5.56. The molecule has 20 heavy (non-hydrogen) atoms. The van der Waals surface area contributed by atoms with Crippen molar-refractivity contribution in [3.8, 4) is 0 Å². The van der Waals surface area contributed by atoms with Gasteiger partial charge in [-0.3, -0.25) is 4.79 Å². The summed E-state index contributed by atoms with van der Waals surface area (Å²) in [4.78, 5) is 36.3. The van der Waals surface area contributed by atoms with Crippen molar-refractivity contribution in [2.45, 2.75) is 6.92 Å². The fourth-order valence-corrected chi connectivity index (χ4v) is 1.96. The number of ether oxygens (including phenoxy) is 2. The summed E-state index contributed by atoms with van der Waals surface area (Å²) in [5.74, 6) is -1.23. The molecule has 6 heteroatoms. The van der Waals surface area contributed by atoms with Crippen molar-refractivity contribution in [2.24, 2.45) is 0 Å². The summed E-state index contributed by atoms with van der Waals surface area (Å²) >= 11 is 0. The van der Waals surface area contributed by atoms with Gasteiger partial charge in [-0.1, -0.05) is 18.2 Å². The Morgan fingerprint density at radius 3 is 2.65 bits per heavy atom. The van der Waals surface area contributed by atoms with E-state index < -0.39 is 18.0 Å². The molecule has 0 aliphatic carbocycles. The average Bonchev–Trinajstić information content (AvgIpc) is 2.71. The lowest BCUT2D eigenvalue weighted by molar-refractivity contribution is -0.137. The molecule has 0 aromatic heterocycles. The number of carbonyl (C=O) groups is 3. The Morgan fingerprint density at radius 1 is 1.30 bits per heavy atom. The van der Waals surface area contributed by atoms with E-state index >= 15 is 0 Å². The lowest BCUT2D eigenvalue weighted by Crippen LogP contribution is -2.33. The molecule has 1 aromatic carbocycles. The number of fused-ring (bicyclic) bond motifs is 1. The van der Waals surface area contributed by atoms with Crippen molar-refractivity contribution in [2.75, 3.05) is 18.6 Å². The normalized spacial score (nSPS) is 15.2. The predicted octanol–water partition coefficient (Wildman–Crippen LogP) is 1.75. The van der Waals surface area contributed by atoms with E-state index in [1.54, 1.807) is 31.2 Å². The summed E-state index contributed by atoms with van der Waals surface area (Å²) in [6.07, 6.45) is 0.294. The predicted molar refractivity (Wildman–Crippen MR) is 70.9 cm³/mol. The molecule has 0 saturated heterocycles. The molecule has 1 aliphatic rings. The number of benzene rings is 1. The Hall–Kier alpha value is -2.63. The van der Waals surface area contributed by atoms with Crippen molar-refractivity contribution in [3.05, 3.63) is 35.9 Å². The fraction of sp³-hybridized carbons (Fsp3) is 0.214. The maximum absolute atomic E-state index is 12.3. The minimum atomic E-state index is -0.797. The number of methoxy groups -OCH3 is 1. The van der Waals surface area contributed by atoms with Crippen LogP contribution in [0.4, 0.5) is 10.5 Å². The number of hydrogen-bond donors (Lipinski definition) is 0. The van der Waals surface area contributed by atoms with Crippen molar-refractivity contribution >= 4 is 29.2 Å². The van der Waals surface area contributed by atoms with Gasteiger partial charge in [0, 0.05) is 11.6 Å². The van der Waals surface area contributed by atoms with E-state index in [9.17, 15) is 14.4 Å². The molecule has 0 saturated carbocycles. The van der Waals surface area contributed by atoms with Crippen LogP contribution in [-0.4, -0.2) is 31.7 Å². The van der Waals surface area contributed by atoms with Crippen molar-refractivity contribution in [3.63, 3.8) is 0 Å². The van der Waals surface area contributed by atoms with Gasteiger partial charge >= 0.3 is 12.1 Å². The zero-order valence-electron chi connectivity index (χ0n) is 11.1. The van der Waals surface area contributed by atoms with Gasteiger partial charge in [0.15, 0.2) is 0 Å². The Bertz CT molecular complexity index is 605. The van der Waals surface area contributed by atoms with Crippen LogP contribution in [0.15, 0.2) is 30.3 Å². The number of anilines is 1. The first kappa shape index (κ1) is 13.8. The first-order valence-corrected chi connectivity index (χ1v) is 6.00. The van der Waals surface area contributed by atoms with Crippen LogP contribution in [0, 0.1) is 0 Å². The molecule has 0 unspecified atom stereocenters. The number of imide groups is 1. The Labute approximate surface area is 115 Å². The van der Waals surface area contributed by atoms with E-state index in [1.165, 1.54) is 7.11 Å². The van der Waals surface area contributed by atoms with E-state index in [0.717, 1.165) is 11.0 Å². The summed E-state index contributed by atoms with van der Waals surface area (Å²) < 4.78 is 9.37.